The zero-order valence-corrected chi connectivity index (χ0v) is 13.3. The van der Waals surface area contributed by atoms with Crippen molar-refractivity contribution in [1.82, 2.24) is 0 Å². The molecular weight excluding hydrogens is 310 g/mol. The average molecular weight is 329 g/mol. The summed E-state index contributed by atoms with van der Waals surface area (Å²) in [7, 11) is 1.54. The number of methoxy groups -OCH3 is 1. The maximum absolute atomic E-state index is 10.8. The molecule has 0 spiro atoms. The molecule has 6 heteroatoms. The second kappa shape index (κ2) is 8.12. The van der Waals surface area contributed by atoms with Crippen LogP contribution in [0.1, 0.15) is 17.2 Å². The van der Waals surface area contributed by atoms with E-state index in [4.69, 9.17) is 9.47 Å². The molecule has 0 aliphatic carbocycles. The number of hydrogen-bond donors (Lipinski definition) is 1. The Hall–Kier alpha value is -2.86. The molecule has 2 rings (SSSR count). The summed E-state index contributed by atoms with van der Waals surface area (Å²) in [5, 5.41) is 21.0. The molecule has 24 heavy (non-hydrogen) atoms. The van der Waals surface area contributed by atoms with Gasteiger partial charge in [0, 0.05) is 12.1 Å². The maximum Gasteiger partial charge on any atom is 0.269 e. The number of aliphatic hydroxyl groups excluding tert-OH is 1. The summed E-state index contributed by atoms with van der Waals surface area (Å²) in [4.78, 5) is 10.3. The molecule has 1 unspecified atom stereocenters. The molecule has 2 aromatic rings. The number of ether oxygens (including phenoxy) is 2. The SMILES string of the molecule is C=CCc1ccc(OCC(O)c2cccc([N+](=O)[O-])c2)c(OC)c1. The first-order valence-electron chi connectivity index (χ1n) is 7.38. The number of nitrogens with zero attached hydrogens (tertiary/aromatic N) is 1. The number of nitro groups is 1. The van der Waals surface area contributed by atoms with Crippen LogP contribution in [0.4, 0.5) is 5.69 Å². The third kappa shape index (κ3) is 4.33. The number of nitro benzene ring substituents is 1. The minimum atomic E-state index is -0.984. The normalized spacial score (nSPS) is 11.6. The summed E-state index contributed by atoms with van der Waals surface area (Å²) in [6, 6.07) is 11.3. The summed E-state index contributed by atoms with van der Waals surface area (Å²) >= 11 is 0. The number of hydrogen-bond acceptors (Lipinski definition) is 5. The second-order valence-corrected chi connectivity index (χ2v) is 5.16. The van der Waals surface area contributed by atoms with Crippen LogP contribution in [0.25, 0.3) is 0 Å². The third-order valence-corrected chi connectivity index (χ3v) is 3.47. The summed E-state index contributed by atoms with van der Waals surface area (Å²) in [5.74, 6) is 1.05. The quantitative estimate of drug-likeness (QED) is 0.456. The molecule has 0 heterocycles. The molecule has 126 valence electrons. The first kappa shape index (κ1) is 17.5. The minimum Gasteiger partial charge on any atom is -0.493 e. The predicted octanol–water partition coefficient (Wildman–Crippen LogP) is 3.44. The van der Waals surface area contributed by atoms with Gasteiger partial charge < -0.3 is 14.6 Å². The van der Waals surface area contributed by atoms with Crippen LogP contribution in [-0.4, -0.2) is 23.7 Å². The van der Waals surface area contributed by atoms with Gasteiger partial charge in [0.2, 0.25) is 0 Å². The van der Waals surface area contributed by atoms with E-state index in [1.54, 1.807) is 18.2 Å². The highest BCUT2D eigenvalue weighted by Gasteiger charge is 2.14. The van der Waals surface area contributed by atoms with E-state index < -0.39 is 11.0 Å². The Labute approximate surface area is 140 Å². The molecule has 0 fully saturated rings. The lowest BCUT2D eigenvalue weighted by Gasteiger charge is -2.15. The average Bonchev–Trinajstić information content (AvgIpc) is 2.60. The lowest BCUT2D eigenvalue weighted by Crippen LogP contribution is -2.10. The van der Waals surface area contributed by atoms with Crippen LogP contribution in [0.3, 0.4) is 0 Å². The van der Waals surface area contributed by atoms with Crippen LogP contribution in [0.2, 0.25) is 0 Å². The van der Waals surface area contributed by atoms with Gasteiger partial charge in [-0.05, 0) is 29.7 Å². The van der Waals surface area contributed by atoms with Crippen LogP contribution in [0.5, 0.6) is 11.5 Å². The Kier molecular flexibility index (Phi) is 5.92. The molecule has 6 nitrogen and oxygen atoms in total. The molecule has 0 aromatic heterocycles. The van der Waals surface area contributed by atoms with Crippen LogP contribution in [0.15, 0.2) is 55.1 Å². The first-order valence-corrected chi connectivity index (χ1v) is 7.38. The van der Waals surface area contributed by atoms with Crippen molar-refractivity contribution in [2.24, 2.45) is 0 Å². The highest BCUT2D eigenvalue weighted by Crippen LogP contribution is 2.29. The topological polar surface area (TPSA) is 81.8 Å². The van der Waals surface area contributed by atoms with Gasteiger partial charge >= 0.3 is 0 Å². The zero-order valence-electron chi connectivity index (χ0n) is 13.3. The highest BCUT2D eigenvalue weighted by atomic mass is 16.6. The number of allylic oxidation sites excluding steroid dienone is 1. The van der Waals surface area contributed by atoms with Gasteiger partial charge in [0.25, 0.3) is 5.69 Å². The number of rotatable bonds is 8. The fraction of sp³-hybridized carbons (Fsp3) is 0.222. The minimum absolute atomic E-state index is 0.0433. The largest absolute Gasteiger partial charge is 0.493 e. The molecule has 0 saturated carbocycles. The van der Waals surface area contributed by atoms with Crippen molar-refractivity contribution in [3.8, 4) is 11.5 Å². The lowest BCUT2D eigenvalue weighted by atomic mass is 10.1. The Morgan fingerprint density at radius 2 is 2.08 bits per heavy atom. The predicted molar refractivity (Wildman–Crippen MR) is 90.4 cm³/mol. The standard InChI is InChI=1S/C18H19NO5/c1-3-5-13-8-9-17(18(10-13)23-2)24-12-16(20)14-6-4-7-15(11-14)19(21)22/h3-4,6-11,16,20H,1,5,12H2,2H3. The number of aliphatic hydroxyl groups is 1. The van der Waals surface area contributed by atoms with Crippen molar-refractivity contribution in [3.63, 3.8) is 0 Å². The monoisotopic (exact) mass is 329 g/mol. The van der Waals surface area contributed by atoms with E-state index in [0.29, 0.717) is 23.5 Å². The van der Waals surface area contributed by atoms with Gasteiger partial charge in [0.15, 0.2) is 11.5 Å². The Bertz CT molecular complexity index is 729. The number of benzene rings is 2. The fourth-order valence-electron chi connectivity index (χ4n) is 2.24. The van der Waals surface area contributed by atoms with E-state index in [9.17, 15) is 15.2 Å². The molecule has 2 aromatic carbocycles. The lowest BCUT2D eigenvalue weighted by molar-refractivity contribution is -0.385. The summed E-state index contributed by atoms with van der Waals surface area (Å²) in [6.45, 7) is 3.65. The van der Waals surface area contributed by atoms with Crippen LogP contribution < -0.4 is 9.47 Å². The van der Waals surface area contributed by atoms with E-state index >= 15 is 0 Å². The van der Waals surface area contributed by atoms with Gasteiger partial charge in [-0.25, -0.2) is 0 Å². The third-order valence-electron chi connectivity index (χ3n) is 3.47. The van der Waals surface area contributed by atoms with Crippen molar-refractivity contribution < 1.29 is 19.5 Å². The highest BCUT2D eigenvalue weighted by molar-refractivity contribution is 5.43. The smallest absolute Gasteiger partial charge is 0.269 e. The van der Waals surface area contributed by atoms with Crippen LogP contribution >= 0.6 is 0 Å². The van der Waals surface area contributed by atoms with Gasteiger partial charge in [-0.3, -0.25) is 10.1 Å². The molecule has 0 aliphatic rings. The zero-order chi connectivity index (χ0) is 17.5. The molecule has 1 N–H and O–H groups in total. The fourth-order valence-corrected chi connectivity index (χ4v) is 2.24. The van der Waals surface area contributed by atoms with Gasteiger partial charge in [0.1, 0.15) is 12.7 Å². The maximum atomic E-state index is 10.8. The summed E-state index contributed by atoms with van der Waals surface area (Å²) < 4.78 is 10.9. The van der Waals surface area contributed by atoms with Crippen LogP contribution in [0, 0.1) is 10.1 Å². The summed E-state index contributed by atoms with van der Waals surface area (Å²) in [6.07, 6.45) is 1.52. The van der Waals surface area contributed by atoms with Crippen LogP contribution in [-0.2, 0) is 6.42 Å². The second-order valence-electron chi connectivity index (χ2n) is 5.16. The van der Waals surface area contributed by atoms with Gasteiger partial charge in [-0.15, -0.1) is 6.58 Å². The Morgan fingerprint density at radius 1 is 1.29 bits per heavy atom. The van der Waals surface area contributed by atoms with Crippen molar-refractivity contribution in [2.45, 2.75) is 12.5 Å². The molecule has 1 atom stereocenters. The Balaban J connectivity index is 2.08. The van der Waals surface area contributed by atoms with E-state index in [0.717, 1.165) is 5.56 Å². The van der Waals surface area contributed by atoms with E-state index in [1.165, 1.54) is 25.3 Å². The van der Waals surface area contributed by atoms with E-state index in [2.05, 4.69) is 6.58 Å². The molecule has 0 amide bonds. The van der Waals surface area contributed by atoms with Crippen molar-refractivity contribution in [3.05, 3.63) is 76.4 Å². The molecule has 0 aliphatic heterocycles. The van der Waals surface area contributed by atoms with Gasteiger partial charge in [-0.2, -0.15) is 0 Å². The van der Waals surface area contributed by atoms with Crippen molar-refractivity contribution in [2.75, 3.05) is 13.7 Å². The molecule has 0 radical (unpaired) electrons. The Morgan fingerprint density at radius 3 is 2.75 bits per heavy atom. The molecular formula is C18H19NO5. The van der Waals surface area contributed by atoms with E-state index in [1.807, 2.05) is 12.1 Å². The van der Waals surface area contributed by atoms with Crippen molar-refractivity contribution >= 4 is 5.69 Å². The molecule has 0 saturated heterocycles. The van der Waals surface area contributed by atoms with E-state index in [-0.39, 0.29) is 12.3 Å². The van der Waals surface area contributed by atoms with Gasteiger partial charge in [0.05, 0.1) is 12.0 Å². The number of non-ortho nitro benzene ring substituents is 1. The first-order chi connectivity index (χ1) is 11.5. The van der Waals surface area contributed by atoms with Gasteiger partial charge in [-0.1, -0.05) is 24.3 Å². The van der Waals surface area contributed by atoms with Crippen molar-refractivity contribution in [1.29, 1.82) is 0 Å². The summed E-state index contributed by atoms with van der Waals surface area (Å²) in [5.41, 5.74) is 1.39. The molecule has 0 bridgehead atoms.